The molecule has 0 aromatic heterocycles. The molecule has 1 aliphatic carbocycles. The van der Waals surface area contributed by atoms with E-state index in [4.69, 9.17) is 4.74 Å². The fourth-order valence-electron chi connectivity index (χ4n) is 4.57. The summed E-state index contributed by atoms with van der Waals surface area (Å²) in [6.07, 6.45) is 6.82. The summed E-state index contributed by atoms with van der Waals surface area (Å²) in [6.45, 7) is 2.96. The first kappa shape index (κ1) is 20.5. The number of benzene rings is 2. The molecular weight excluding hydrogens is 376 g/mol. The molecule has 0 unspecified atom stereocenters. The van der Waals surface area contributed by atoms with Crippen LogP contribution in [0.15, 0.2) is 48.5 Å². The number of nitrogens with one attached hydrogen (secondary N) is 1. The number of ether oxygens (including phenoxy) is 1. The highest BCUT2D eigenvalue weighted by atomic mass is 16.5. The van der Waals surface area contributed by atoms with Crippen molar-refractivity contribution in [3.63, 3.8) is 0 Å². The van der Waals surface area contributed by atoms with E-state index in [9.17, 15) is 9.59 Å². The van der Waals surface area contributed by atoms with Crippen molar-refractivity contribution in [1.29, 1.82) is 0 Å². The summed E-state index contributed by atoms with van der Waals surface area (Å²) in [5.41, 5.74) is 2.41. The van der Waals surface area contributed by atoms with Crippen molar-refractivity contribution >= 4 is 11.8 Å². The lowest BCUT2D eigenvalue weighted by Gasteiger charge is -2.27. The van der Waals surface area contributed by atoms with Gasteiger partial charge in [-0.05, 0) is 49.1 Å². The van der Waals surface area contributed by atoms with E-state index in [-0.39, 0.29) is 17.9 Å². The molecule has 5 nitrogen and oxygen atoms in total. The van der Waals surface area contributed by atoms with Gasteiger partial charge in [0.2, 0.25) is 5.91 Å². The summed E-state index contributed by atoms with van der Waals surface area (Å²) in [4.78, 5) is 28.2. The van der Waals surface area contributed by atoms with Crippen LogP contribution in [0.4, 0.5) is 0 Å². The van der Waals surface area contributed by atoms with Crippen molar-refractivity contribution in [3.05, 3.63) is 65.2 Å². The smallest absolute Gasteiger partial charge is 0.255 e. The van der Waals surface area contributed by atoms with E-state index >= 15 is 0 Å². The van der Waals surface area contributed by atoms with E-state index in [1.807, 2.05) is 55.5 Å². The molecule has 5 heteroatoms. The highest BCUT2D eigenvalue weighted by Crippen LogP contribution is 2.35. The maximum Gasteiger partial charge on any atom is 0.255 e. The Hall–Kier alpha value is -2.82. The van der Waals surface area contributed by atoms with Crippen molar-refractivity contribution in [2.45, 2.75) is 64.1 Å². The topological polar surface area (TPSA) is 58.6 Å². The predicted molar refractivity (Wildman–Crippen MR) is 116 cm³/mol. The van der Waals surface area contributed by atoms with Gasteiger partial charge in [0, 0.05) is 18.2 Å². The summed E-state index contributed by atoms with van der Waals surface area (Å²) in [5, 5.41) is 3.25. The van der Waals surface area contributed by atoms with Gasteiger partial charge in [-0.3, -0.25) is 9.59 Å². The third-order valence-corrected chi connectivity index (χ3v) is 6.10. The van der Waals surface area contributed by atoms with Crippen LogP contribution in [0.1, 0.15) is 73.0 Å². The molecule has 2 aliphatic rings. The second kappa shape index (κ2) is 9.33. The van der Waals surface area contributed by atoms with Gasteiger partial charge in [-0.2, -0.15) is 0 Å². The molecule has 1 aliphatic heterocycles. The first-order valence-electron chi connectivity index (χ1n) is 11.1. The van der Waals surface area contributed by atoms with E-state index in [0.717, 1.165) is 42.6 Å². The van der Waals surface area contributed by atoms with Crippen LogP contribution in [0.2, 0.25) is 0 Å². The molecule has 30 heavy (non-hydrogen) atoms. The first-order chi connectivity index (χ1) is 14.7. The van der Waals surface area contributed by atoms with Crippen molar-refractivity contribution in [2.75, 3.05) is 6.61 Å². The molecule has 0 bridgehead atoms. The summed E-state index contributed by atoms with van der Waals surface area (Å²) >= 11 is 0. The molecule has 2 aromatic carbocycles. The molecule has 1 saturated carbocycles. The van der Waals surface area contributed by atoms with Crippen molar-refractivity contribution < 1.29 is 14.3 Å². The molecule has 0 spiro atoms. The quantitative estimate of drug-likeness (QED) is 0.712. The summed E-state index contributed by atoms with van der Waals surface area (Å²) in [7, 11) is 0. The highest BCUT2D eigenvalue weighted by Gasteiger charge is 2.41. The van der Waals surface area contributed by atoms with Crippen LogP contribution < -0.4 is 10.1 Å². The number of amides is 2. The molecule has 2 amide bonds. The fraction of sp³-hybridized carbons (Fsp3) is 0.440. The Kier molecular flexibility index (Phi) is 6.36. The van der Waals surface area contributed by atoms with E-state index in [0.29, 0.717) is 18.7 Å². The Morgan fingerprint density at radius 3 is 2.43 bits per heavy atom. The Bertz CT molecular complexity index is 886. The van der Waals surface area contributed by atoms with Crippen LogP contribution in [-0.4, -0.2) is 29.4 Å². The van der Waals surface area contributed by atoms with Gasteiger partial charge in [0.25, 0.3) is 5.91 Å². The summed E-state index contributed by atoms with van der Waals surface area (Å²) in [6, 6.07) is 14.8. The number of carbonyl (C=O) groups excluding carboxylic acids is 2. The van der Waals surface area contributed by atoms with E-state index in [1.54, 1.807) is 4.90 Å². The molecule has 1 N–H and O–H groups in total. The Balaban J connectivity index is 1.56. The van der Waals surface area contributed by atoms with E-state index in [2.05, 4.69) is 5.32 Å². The third kappa shape index (κ3) is 4.35. The number of fused-ring (bicyclic) bond motifs is 1. The molecule has 0 radical (unpaired) electrons. The minimum atomic E-state index is -0.580. The third-order valence-electron chi connectivity index (χ3n) is 6.10. The Morgan fingerprint density at radius 1 is 1.03 bits per heavy atom. The van der Waals surface area contributed by atoms with E-state index < -0.39 is 6.04 Å². The minimum absolute atomic E-state index is 0.0638. The highest BCUT2D eigenvalue weighted by molar-refractivity contribution is 6.04. The lowest BCUT2D eigenvalue weighted by atomic mass is 10.0. The lowest BCUT2D eigenvalue weighted by molar-refractivity contribution is -0.126. The average Bonchev–Trinajstić information content (AvgIpc) is 2.90. The van der Waals surface area contributed by atoms with Crippen LogP contribution in [0.3, 0.4) is 0 Å². The SMILES string of the molecule is CCOc1ccc(CN2C(=O)c3ccccc3[C@@H]2C(=O)NC2CCCCCC2)cc1. The summed E-state index contributed by atoms with van der Waals surface area (Å²) in [5.74, 6) is 0.659. The fourth-order valence-corrected chi connectivity index (χ4v) is 4.57. The largest absolute Gasteiger partial charge is 0.494 e. The zero-order chi connectivity index (χ0) is 20.9. The van der Waals surface area contributed by atoms with Crippen LogP contribution in [0.5, 0.6) is 5.75 Å². The van der Waals surface area contributed by atoms with Gasteiger partial charge >= 0.3 is 0 Å². The monoisotopic (exact) mass is 406 g/mol. The van der Waals surface area contributed by atoms with Crippen LogP contribution in [0, 0.1) is 0 Å². The molecule has 1 heterocycles. The number of nitrogens with zero attached hydrogens (tertiary/aromatic N) is 1. The minimum Gasteiger partial charge on any atom is -0.494 e. The zero-order valence-corrected chi connectivity index (χ0v) is 17.6. The number of rotatable bonds is 6. The molecule has 4 rings (SSSR count). The molecular formula is C25H30N2O3. The van der Waals surface area contributed by atoms with Crippen molar-refractivity contribution in [3.8, 4) is 5.75 Å². The van der Waals surface area contributed by atoms with Gasteiger partial charge in [0.05, 0.1) is 6.61 Å². The molecule has 0 saturated heterocycles. The lowest BCUT2D eigenvalue weighted by Crippen LogP contribution is -2.43. The second-order valence-corrected chi connectivity index (χ2v) is 8.20. The Morgan fingerprint density at radius 2 is 1.73 bits per heavy atom. The second-order valence-electron chi connectivity index (χ2n) is 8.20. The van der Waals surface area contributed by atoms with Gasteiger partial charge in [-0.25, -0.2) is 0 Å². The number of carbonyl (C=O) groups is 2. The molecule has 1 atom stereocenters. The van der Waals surface area contributed by atoms with Crippen molar-refractivity contribution in [2.24, 2.45) is 0 Å². The maximum absolute atomic E-state index is 13.3. The number of hydrogen-bond donors (Lipinski definition) is 1. The van der Waals surface area contributed by atoms with Crippen LogP contribution in [-0.2, 0) is 11.3 Å². The maximum atomic E-state index is 13.3. The number of hydrogen-bond acceptors (Lipinski definition) is 3. The van der Waals surface area contributed by atoms with Crippen LogP contribution in [0.25, 0.3) is 0 Å². The van der Waals surface area contributed by atoms with Crippen molar-refractivity contribution in [1.82, 2.24) is 10.2 Å². The molecule has 2 aromatic rings. The predicted octanol–water partition coefficient (Wildman–Crippen LogP) is 4.62. The van der Waals surface area contributed by atoms with Gasteiger partial charge < -0.3 is 15.0 Å². The summed E-state index contributed by atoms with van der Waals surface area (Å²) < 4.78 is 5.51. The van der Waals surface area contributed by atoms with Gasteiger partial charge in [-0.1, -0.05) is 56.0 Å². The average molecular weight is 407 g/mol. The van der Waals surface area contributed by atoms with Gasteiger partial charge in [0.1, 0.15) is 11.8 Å². The first-order valence-corrected chi connectivity index (χ1v) is 11.1. The normalized spacial score (nSPS) is 19.3. The van der Waals surface area contributed by atoms with E-state index in [1.165, 1.54) is 12.8 Å². The zero-order valence-electron chi connectivity index (χ0n) is 17.6. The standard InChI is InChI=1S/C25H30N2O3/c1-2-30-20-15-13-18(14-16-20)17-27-23(21-11-7-8-12-22(21)25(27)29)24(28)26-19-9-5-3-4-6-10-19/h7-8,11-16,19,23H,2-6,9-10,17H2,1H3,(H,26,28)/t23-/m1/s1. The molecule has 158 valence electrons. The van der Waals surface area contributed by atoms with Crippen LogP contribution >= 0.6 is 0 Å². The molecule has 1 fully saturated rings. The van der Waals surface area contributed by atoms with Gasteiger partial charge in [0.15, 0.2) is 0 Å². The van der Waals surface area contributed by atoms with Gasteiger partial charge in [-0.15, -0.1) is 0 Å². The Labute approximate surface area is 178 Å².